The van der Waals surface area contributed by atoms with Gasteiger partial charge in [0.25, 0.3) is 0 Å². The van der Waals surface area contributed by atoms with Gasteiger partial charge in [-0.15, -0.1) is 11.3 Å². The first-order valence-electron chi connectivity index (χ1n) is 24.8. The summed E-state index contributed by atoms with van der Waals surface area (Å²) in [4.78, 5) is 2.57. The number of nitrogens with zero attached hydrogens (tertiary/aromatic N) is 1. The van der Waals surface area contributed by atoms with Crippen LogP contribution in [-0.2, 0) is 10.8 Å². The second kappa shape index (κ2) is 13.9. The number of benzene rings is 9. The van der Waals surface area contributed by atoms with Crippen LogP contribution in [0.15, 0.2) is 188 Å². The Bertz CT molecular complexity index is 3670. The highest BCUT2D eigenvalue weighted by molar-refractivity contribution is 7.26. The maximum Gasteiger partial charge on any atom is 0.0467 e. The van der Waals surface area contributed by atoms with Crippen LogP contribution in [-0.4, -0.2) is 0 Å². The number of fused-ring (bicyclic) bond motifs is 11. The average molecular weight is 878 g/mol. The fourth-order valence-corrected chi connectivity index (χ4v) is 16.5. The fourth-order valence-electron chi connectivity index (χ4n) is 15.2. The van der Waals surface area contributed by atoms with Crippen molar-refractivity contribution >= 4 is 59.3 Å². The molecule has 0 N–H and O–H groups in total. The summed E-state index contributed by atoms with van der Waals surface area (Å²) in [6.45, 7) is 4.81. The molecule has 0 aliphatic heterocycles. The Hall–Kier alpha value is -6.74. The van der Waals surface area contributed by atoms with Crippen LogP contribution < -0.4 is 4.90 Å². The maximum absolute atomic E-state index is 2.65. The first-order valence-corrected chi connectivity index (χ1v) is 25.6. The third kappa shape index (κ3) is 5.26. The van der Waals surface area contributed by atoms with Crippen LogP contribution in [0.5, 0.6) is 0 Å². The van der Waals surface area contributed by atoms with Gasteiger partial charge in [0.15, 0.2) is 0 Å². The molecule has 1 spiro atoms. The maximum atomic E-state index is 2.65. The molecule has 4 bridgehead atoms. The minimum Gasteiger partial charge on any atom is -0.310 e. The summed E-state index contributed by atoms with van der Waals surface area (Å²) >= 11 is 1.92. The van der Waals surface area contributed by atoms with Gasteiger partial charge in [0, 0.05) is 48.1 Å². The minimum atomic E-state index is -0.111. The average Bonchev–Trinajstić information content (AvgIpc) is 3.98. The van der Waals surface area contributed by atoms with Crippen molar-refractivity contribution in [2.24, 2.45) is 23.7 Å². The summed E-state index contributed by atoms with van der Waals surface area (Å²) in [6, 6.07) is 72.3. The van der Waals surface area contributed by atoms with Crippen LogP contribution in [0.1, 0.15) is 68.2 Å². The molecular formula is C65H51NS. The van der Waals surface area contributed by atoms with Gasteiger partial charge in [-0.2, -0.15) is 0 Å². The van der Waals surface area contributed by atoms with Gasteiger partial charge in [-0.05, 0) is 176 Å². The molecule has 0 saturated heterocycles. The SMILES string of the molecule is CC1(C)c2ccccc2-c2cccc(-c3cccc(N(c4ccc(-c5cccc6sc7c8ccccc8ccc7c56)cc4)c4ccc5c(c4)C4(c6ccccc6-5)C5CC6CC(C5)CC4C6)c3)c21. The Morgan fingerprint density at radius 2 is 1.06 bits per heavy atom. The molecular weight excluding hydrogens is 827 g/mol. The molecule has 0 radical (unpaired) electrons. The van der Waals surface area contributed by atoms with Crippen LogP contribution in [0.4, 0.5) is 17.1 Å². The first-order chi connectivity index (χ1) is 32.9. The van der Waals surface area contributed by atoms with Crippen molar-refractivity contribution < 1.29 is 0 Å². The molecule has 10 aromatic rings. The quantitative estimate of drug-likeness (QED) is 0.166. The number of hydrogen-bond acceptors (Lipinski definition) is 2. The van der Waals surface area contributed by atoms with E-state index in [1.54, 1.807) is 11.1 Å². The van der Waals surface area contributed by atoms with Gasteiger partial charge in [0.2, 0.25) is 0 Å². The normalized spacial score (nSPS) is 22.4. The molecule has 322 valence electrons. The van der Waals surface area contributed by atoms with E-state index >= 15 is 0 Å². The van der Waals surface area contributed by atoms with E-state index < -0.39 is 0 Å². The van der Waals surface area contributed by atoms with Crippen molar-refractivity contribution in [1.82, 2.24) is 0 Å². The summed E-state index contributed by atoms with van der Waals surface area (Å²) in [7, 11) is 0. The van der Waals surface area contributed by atoms with Crippen molar-refractivity contribution in [2.45, 2.75) is 56.8 Å². The van der Waals surface area contributed by atoms with Gasteiger partial charge >= 0.3 is 0 Å². The second-order valence-electron chi connectivity index (χ2n) is 21.2. The number of rotatable bonds is 5. The zero-order valence-electron chi connectivity index (χ0n) is 38.1. The zero-order chi connectivity index (χ0) is 44.2. The Balaban J connectivity index is 0.909. The highest BCUT2D eigenvalue weighted by Crippen LogP contribution is 2.69. The number of thiophene rings is 1. The van der Waals surface area contributed by atoms with Gasteiger partial charge < -0.3 is 4.90 Å². The lowest BCUT2D eigenvalue weighted by Crippen LogP contribution is -2.55. The van der Waals surface area contributed by atoms with Crippen molar-refractivity contribution in [2.75, 3.05) is 4.90 Å². The van der Waals surface area contributed by atoms with E-state index in [4.69, 9.17) is 0 Å². The van der Waals surface area contributed by atoms with E-state index in [0.29, 0.717) is 11.8 Å². The number of anilines is 3. The van der Waals surface area contributed by atoms with Gasteiger partial charge in [-0.25, -0.2) is 0 Å². The summed E-state index contributed by atoms with van der Waals surface area (Å²) in [5.41, 5.74) is 20.4. The van der Waals surface area contributed by atoms with E-state index in [0.717, 1.165) is 11.8 Å². The molecule has 1 aromatic heterocycles. The topological polar surface area (TPSA) is 3.24 Å². The Labute approximate surface area is 397 Å². The zero-order valence-corrected chi connectivity index (χ0v) is 38.9. The Morgan fingerprint density at radius 3 is 1.88 bits per heavy atom. The van der Waals surface area contributed by atoms with Crippen molar-refractivity contribution in [1.29, 1.82) is 0 Å². The van der Waals surface area contributed by atoms with Crippen LogP contribution in [0, 0.1) is 23.7 Å². The molecule has 1 heterocycles. The summed E-state index contributed by atoms with van der Waals surface area (Å²) in [5, 5.41) is 5.33. The monoisotopic (exact) mass is 877 g/mol. The molecule has 0 unspecified atom stereocenters. The third-order valence-corrected chi connectivity index (χ3v) is 18.8. The van der Waals surface area contributed by atoms with Gasteiger partial charge in [-0.1, -0.05) is 159 Å². The molecule has 0 amide bonds. The van der Waals surface area contributed by atoms with E-state index in [-0.39, 0.29) is 10.8 Å². The van der Waals surface area contributed by atoms with Crippen LogP contribution >= 0.6 is 11.3 Å². The van der Waals surface area contributed by atoms with Gasteiger partial charge in [0.1, 0.15) is 0 Å². The second-order valence-corrected chi connectivity index (χ2v) is 22.3. The predicted molar refractivity (Wildman–Crippen MR) is 283 cm³/mol. The van der Waals surface area contributed by atoms with Crippen LogP contribution in [0.3, 0.4) is 0 Å². The van der Waals surface area contributed by atoms with Crippen molar-refractivity contribution in [3.8, 4) is 44.5 Å². The Morgan fingerprint density at radius 1 is 0.433 bits per heavy atom. The highest BCUT2D eigenvalue weighted by atomic mass is 32.1. The van der Waals surface area contributed by atoms with Crippen LogP contribution in [0.2, 0.25) is 0 Å². The summed E-state index contributed by atoms with van der Waals surface area (Å²) in [6.07, 6.45) is 6.97. The van der Waals surface area contributed by atoms with E-state index in [9.17, 15) is 0 Å². The Kier molecular flexibility index (Phi) is 7.97. The minimum absolute atomic E-state index is 0.0885. The van der Waals surface area contributed by atoms with Crippen LogP contribution in [0.25, 0.3) is 75.5 Å². The molecule has 67 heavy (non-hydrogen) atoms. The molecule has 6 aliphatic rings. The van der Waals surface area contributed by atoms with E-state index in [2.05, 4.69) is 207 Å². The lowest BCUT2D eigenvalue weighted by atomic mass is 9.43. The highest BCUT2D eigenvalue weighted by Gasteiger charge is 2.61. The molecule has 9 aromatic carbocycles. The molecule has 2 heteroatoms. The smallest absolute Gasteiger partial charge is 0.0467 e. The lowest BCUT2D eigenvalue weighted by molar-refractivity contribution is -0.0399. The van der Waals surface area contributed by atoms with Gasteiger partial charge in [-0.3, -0.25) is 0 Å². The lowest BCUT2D eigenvalue weighted by Gasteiger charge is -2.61. The van der Waals surface area contributed by atoms with Gasteiger partial charge in [0.05, 0.1) is 0 Å². The molecule has 16 rings (SSSR count). The third-order valence-electron chi connectivity index (χ3n) is 17.6. The molecule has 6 aliphatic carbocycles. The first kappa shape index (κ1) is 38.4. The fraction of sp³-hybridized carbons (Fsp3) is 0.200. The van der Waals surface area contributed by atoms with E-state index in [1.807, 2.05) is 11.3 Å². The summed E-state index contributed by atoms with van der Waals surface area (Å²) < 4.78 is 2.71. The van der Waals surface area contributed by atoms with Crippen molar-refractivity contribution in [3.63, 3.8) is 0 Å². The molecule has 1 nitrogen and oxygen atoms in total. The van der Waals surface area contributed by atoms with E-state index in [1.165, 1.54) is 136 Å². The molecule has 4 fully saturated rings. The molecule has 4 saturated carbocycles. The predicted octanol–water partition coefficient (Wildman–Crippen LogP) is 18.0. The summed E-state index contributed by atoms with van der Waals surface area (Å²) in [5.74, 6) is 3.22. The molecule has 0 atom stereocenters. The van der Waals surface area contributed by atoms with Crippen molar-refractivity contribution in [3.05, 3.63) is 210 Å². The largest absolute Gasteiger partial charge is 0.310 e. The standard InChI is InChI=1S/C65H51NS/c1-64(2)57-21-7-5-17-53(57)55-20-10-19-50(62(55)64)43-13-9-14-47(37-43)66(46-27-24-42(25-28-46)49-18-11-23-60-61(49)56-30-26-41-12-3-4-15-51(41)63(56)67-60)48-29-31-54-52-16-6-8-22-58(52)65(59(54)38-48)44-33-39-32-40(35-44)36-45(65)34-39/h3-31,37-40,44-45H,32-36H2,1-2H3. The number of hydrogen-bond donors (Lipinski definition) is 0.